The number of carbonyl (C=O) groups excluding carboxylic acids is 1. The van der Waals surface area contributed by atoms with Crippen LogP contribution in [-0.4, -0.2) is 58.7 Å². The molecule has 5 nitrogen and oxygen atoms in total. The van der Waals surface area contributed by atoms with E-state index in [9.17, 15) is 4.79 Å². The fourth-order valence-electron chi connectivity index (χ4n) is 8.39. The monoisotopic (exact) mass is 611 g/mol. The highest BCUT2D eigenvalue weighted by Gasteiger charge is 2.40. The highest BCUT2D eigenvalue weighted by Crippen LogP contribution is 2.42. The lowest BCUT2D eigenvalue weighted by atomic mass is 9.79. The molecule has 6 heteroatoms. The third-order valence-electron chi connectivity index (χ3n) is 11.0. The van der Waals surface area contributed by atoms with Gasteiger partial charge in [-0.2, -0.15) is 11.8 Å². The third-order valence-corrected chi connectivity index (χ3v) is 12.4. The van der Waals surface area contributed by atoms with E-state index in [1.807, 2.05) is 0 Å². The van der Waals surface area contributed by atoms with Gasteiger partial charge in [0.2, 0.25) is 0 Å². The summed E-state index contributed by atoms with van der Waals surface area (Å²) in [5.74, 6) is 4.21. The third kappa shape index (κ3) is 9.39. The largest absolute Gasteiger partial charge is 0.483 e. The zero-order valence-corrected chi connectivity index (χ0v) is 28.5. The second-order valence-electron chi connectivity index (χ2n) is 14.5. The topological polar surface area (TPSA) is 44.8 Å². The number of nitrogens with zero attached hydrogens (tertiary/aromatic N) is 2. The van der Waals surface area contributed by atoms with E-state index in [2.05, 4.69) is 66.1 Å². The number of carbonyl (C=O) groups is 1. The van der Waals surface area contributed by atoms with Gasteiger partial charge in [-0.1, -0.05) is 109 Å². The van der Waals surface area contributed by atoms with Crippen LogP contribution in [0.4, 0.5) is 0 Å². The molecule has 43 heavy (non-hydrogen) atoms. The molecule has 3 atom stereocenters. The van der Waals surface area contributed by atoms with E-state index in [0.29, 0.717) is 17.2 Å². The molecule has 0 bridgehead atoms. The zero-order valence-electron chi connectivity index (χ0n) is 27.7. The molecule has 4 aliphatic rings. The van der Waals surface area contributed by atoms with Gasteiger partial charge in [-0.25, -0.2) is 10.4 Å². The smallest absolute Gasteiger partial charge is 0.261 e. The Balaban J connectivity index is 1.30. The van der Waals surface area contributed by atoms with Gasteiger partial charge in [-0.15, -0.1) is 0 Å². The van der Waals surface area contributed by atoms with Crippen LogP contribution in [0.25, 0.3) is 0 Å². The van der Waals surface area contributed by atoms with E-state index in [-0.39, 0.29) is 18.7 Å². The molecule has 0 spiro atoms. The first-order valence-corrected chi connectivity index (χ1v) is 19.2. The Kier molecular flexibility index (Phi) is 13.0. The number of amides is 1. The molecule has 2 heterocycles. The van der Waals surface area contributed by atoms with Crippen molar-refractivity contribution in [2.24, 2.45) is 11.8 Å². The first-order valence-electron chi connectivity index (χ1n) is 18.2. The number of benzene rings is 1. The van der Waals surface area contributed by atoms with Crippen molar-refractivity contribution >= 4 is 17.7 Å². The van der Waals surface area contributed by atoms with Gasteiger partial charge < -0.3 is 9.64 Å². The van der Waals surface area contributed by atoms with E-state index in [4.69, 9.17) is 4.74 Å². The number of thioether (sulfide) groups is 1. The maximum Gasteiger partial charge on any atom is 0.261 e. The van der Waals surface area contributed by atoms with Crippen LogP contribution >= 0.6 is 11.8 Å². The van der Waals surface area contributed by atoms with Crippen molar-refractivity contribution in [2.45, 2.75) is 153 Å². The molecular weight excluding hydrogens is 550 g/mol. The summed E-state index contributed by atoms with van der Waals surface area (Å²) in [5, 5.41) is 3.07. The van der Waals surface area contributed by atoms with Gasteiger partial charge in [0.1, 0.15) is 5.75 Å². The van der Waals surface area contributed by atoms with Crippen LogP contribution in [0, 0.1) is 18.8 Å². The van der Waals surface area contributed by atoms with Crippen molar-refractivity contribution in [2.75, 3.05) is 25.4 Å². The number of aryl methyl sites for hydroxylation is 1. The molecule has 242 valence electrons. The van der Waals surface area contributed by atoms with Crippen molar-refractivity contribution in [3.8, 4) is 5.75 Å². The van der Waals surface area contributed by atoms with Gasteiger partial charge in [0.05, 0.1) is 6.17 Å². The van der Waals surface area contributed by atoms with E-state index >= 15 is 0 Å². The van der Waals surface area contributed by atoms with Gasteiger partial charge in [0.25, 0.3) is 5.91 Å². The molecule has 4 fully saturated rings. The highest BCUT2D eigenvalue weighted by atomic mass is 32.2. The Morgan fingerprint density at radius 2 is 1.58 bits per heavy atom. The molecule has 2 aliphatic carbocycles. The summed E-state index contributed by atoms with van der Waals surface area (Å²) in [7, 11) is 0. The van der Waals surface area contributed by atoms with Crippen molar-refractivity contribution in [1.82, 2.24) is 15.3 Å². The number of ether oxygens (including phenoxy) is 1. The lowest BCUT2D eigenvalue weighted by molar-refractivity contribution is -0.137. The minimum atomic E-state index is 0.0741. The van der Waals surface area contributed by atoms with Gasteiger partial charge in [0.15, 0.2) is 6.61 Å². The zero-order chi connectivity index (χ0) is 30.0. The molecule has 0 radical (unpaired) electrons. The molecule has 2 saturated heterocycles. The number of hydrogen-bond acceptors (Lipinski definition) is 5. The van der Waals surface area contributed by atoms with Crippen LogP contribution in [0.2, 0.25) is 0 Å². The van der Waals surface area contributed by atoms with E-state index in [1.165, 1.54) is 120 Å². The standard InChI is InChI=1S/C37H61N3O2S/c1-28(2)32-20-19-29(3)25-34(32)42-27-37(41)39(26-35-33(22-24-43-35)30-15-11-7-6-8-12-16-30)36-21-23-40(38-36)31-17-13-9-4-5-10-14-18-31/h19-20,25,28,30-31,33,35-36,38H,4-18,21-24,26-27H2,1-3H3. The molecule has 1 aromatic carbocycles. The van der Waals surface area contributed by atoms with Gasteiger partial charge in [0, 0.05) is 24.4 Å². The van der Waals surface area contributed by atoms with Gasteiger partial charge in [-0.05, 0) is 73.3 Å². The molecule has 0 aromatic heterocycles. The van der Waals surface area contributed by atoms with Crippen LogP contribution < -0.4 is 10.2 Å². The Morgan fingerprint density at radius 3 is 2.26 bits per heavy atom. The quantitative estimate of drug-likeness (QED) is 0.302. The number of rotatable bonds is 9. The maximum atomic E-state index is 14.2. The van der Waals surface area contributed by atoms with Gasteiger partial charge >= 0.3 is 0 Å². The first-order chi connectivity index (χ1) is 21.0. The SMILES string of the molecule is Cc1ccc(C(C)C)c(OCC(=O)N(CC2SCCC2C2CCCCCCC2)C2CCN(C3CCCCCCCC3)N2)c1. The van der Waals surface area contributed by atoms with Crippen molar-refractivity contribution in [3.05, 3.63) is 29.3 Å². The van der Waals surface area contributed by atoms with E-state index in [0.717, 1.165) is 37.1 Å². The minimum absolute atomic E-state index is 0.0741. The second kappa shape index (κ2) is 16.9. The predicted octanol–water partition coefficient (Wildman–Crippen LogP) is 8.85. The Hall–Kier alpha value is -1.24. The van der Waals surface area contributed by atoms with Crippen LogP contribution in [0.5, 0.6) is 5.75 Å². The summed E-state index contributed by atoms with van der Waals surface area (Å²) in [6.45, 7) is 8.52. The van der Waals surface area contributed by atoms with Crippen LogP contribution in [0.3, 0.4) is 0 Å². The lowest BCUT2D eigenvalue weighted by Crippen LogP contribution is -2.54. The van der Waals surface area contributed by atoms with E-state index in [1.54, 1.807) is 0 Å². The molecule has 5 rings (SSSR count). The highest BCUT2D eigenvalue weighted by molar-refractivity contribution is 8.00. The number of hydrogen-bond donors (Lipinski definition) is 1. The molecule has 1 N–H and O–H groups in total. The fraction of sp³-hybridized carbons (Fsp3) is 0.811. The lowest BCUT2D eigenvalue weighted by Gasteiger charge is -2.36. The van der Waals surface area contributed by atoms with Gasteiger partial charge in [-0.3, -0.25) is 4.79 Å². The molecular formula is C37H61N3O2S. The van der Waals surface area contributed by atoms with Crippen molar-refractivity contribution < 1.29 is 9.53 Å². The predicted molar refractivity (Wildman–Crippen MR) is 182 cm³/mol. The average molecular weight is 612 g/mol. The molecule has 2 aliphatic heterocycles. The Labute approximate surface area is 267 Å². The summed E-state index contributed by atoms with van der Waals surface area (Å²) in [5.41, 5.74) is 6.27. The molecule has 1 aromatic rings. The van der Waals surface area contributed by atoms with Crippen molar-refractivity contribution in [1.29, 1.82) is 0 Å². The fourth-order valence-corrected chi connectivity index (χ4v) is 9.97. The molecule has 2 saturated carbocycles. The first kappa shape index (κ1) is 33.1. The summed E-state index contributed by atoms with van der Waals surface area (Å²) in [4.78, 5) is 16.4. The molecule has 1 amide bonds. The summed E-state index contributed by atoms with van der Waals surface area (Å²) < 4.78 is 6.37. The maximum absolute atomic E-state index is 14.2. The normalized spacial score (nSPS) is 27.3. The second-order valence-corrected chi connectivity index (χ2v) is 15.8. The number of nitrogens with one attached hydrogen (secondary N) is 1. The van der Waals surface area contributed by atoms with Crippen LogP contribution in [-0.2, 0) is 4.79 Å². The summed E-state index contributed by atoms with van der Waals surface area (Å²) in [6.07, 6.45) is 23.0. The molecule has 3 unspecified atom stereocenters. The summed E-state index contributed by atoms with van der Waals surface area (Å²) in [6, 6.07) is 7.02. The number of hydrazine groups is 1. The van der Waals surface area contributed by atoms with Crippen LogP contribution in [0.1, 0.15) is 140 Å². The summed E-state index contributed by atoms with van der Waals surface area (Å²) >= 11 is 2.14. The van der Waals surface area contributed by atoms with Crippen molar-refractivity contribution in [3.63, 3.8) is 0 Å². The van der Waals surface area contributed by atoms with Crippen LogP contribution in [0.15, 0.2) is 18.2 Å². The average Bonchev–Trinajstić information content (AvgIpc) is 3.66. The minimum Gasteiger partial charge on any atom is -0.483 e. The Morgan fingerprint density at radius 1 is 0.930 bits per heavy atom. The Bertz CT molecular complexity index is 984. The van der Waals surface area contributed by atoms with E-state index < -0.39 is 0 Å².